The summed E-state index contributed by atoms with van der Waals surface area (Å²) >= 11 is 0. The Morgan fingerprint density at radius 3 is 2.47 bits per heavy atom. The number of nitrogens with zero attached hydrogens (tertiary/aromatic N) is 1. The van der Waals surface area contributed by atoms with E-state index < -0.39 is 30.4 Å². The van der Waals surface area contributed by atoms with Gasteiger partial charge in [-0.25, -0.2) is 0 Å². The lowest BCUT2D eigenvalue weighted by Crippen LogP contribution is -2.64. The van der Waals surface area contributed by atoms with E-state index in [1.54, 1.807) is 18.2 Å². The van der Waals surface area contributed by atoms with Gasteiger partial charge in [0.2, 0.25) is 0 Å². The number of aliphatic carboxylic acids is 1. The van der Waals surface area contributed by atoms with Crippen LogP contribution in [-0.4, -0.2) is 34.4 Å². The van der Waals surface area contributed by atoms with E-state index in [4.69, 9.17) is 5.11 Å². The van der Waals surface area contributed by atoms with Crippen molar-refractivity contribution in [3.63, 3.8) is 0 Å². The van der Waals surface area contributed by atoms with Crippen LogP contribution in [0.4, 0.5) is 8.78 Å². The summed E-state index contributed by atoms with van der Waals surface area (Å²) in [6.45, 7) is -0.714. The number of alkyl halides is 2. The minimum absolute atomic E-state index is 0.235. The van der Waals surface area contributed by atoms with E-state index in [0.29, 0.717) is 4.90 Å². The summed E-state index contributed by atoms with van der Waals surface area (Å²) in [4.78, 5) is 22.3. The first-order valence-electron chi connectivity index (χ1n) is 4.90. The lowest BCUT2D eigenvalue weighted by Gasteiger charge is -2.45. The first-order valence-corrected chi connectivity index (χ1v) is 4.90. The molecule has 1 fully saturated rings. The third-order valence-electron chi connectivity index (χ3n) is 2.62. The molecule has 1 aliphatic rings. The van der Waals surface area contributed by atoms with Crippen molar-refractivity contribution >= 4 is 11.9 Å². The van der Waals surface area contributed by atoms with Crippen LogP contribution in [0.3, 0.4) is 0 Å². The number of amides is 1. The van der Waals surface area contributed by atoms with Crippen LogP contribution in [-0.2, 0) is 9.59 Å². The van der Waals surface area contributed by atoms with Gasteiger partial charge in [-0.2, -0.15) is 8.78 Å². The molecule has 2 rings (SSSR count). The predicted molar refractivity (Wildman–Crippen MR) is 53.5 cm³/mol. The van der Waals surface area contributed by atoms with Crippen molar-refractivity contribution in [3.05, 3.63) is 35.9 Å². The molecule has 1 atom stereocenters. The number of hydrogen-bond donors (Lipinski definition) is 1. The average Bonchev–Trinajstić information content (AvgIpc) is 2.28. The number of carboxylic acids is 1. The first-order chi connectivity index (χ1) is 7.94. The molecule has 90 valence electrons. The van der Waals surface area contributed by atoms with Crippen LogP contribution >= 0.6 is 0 Å². The van der Waals surface area contributed by atoms with Crippen LogP contribution in [0.5, 0.6) is 0 Å². The Kier molecular flexibility index (Phi) is 2.57. The largest absolute Gasteiger partial charge is 0.480 e. The first kappa shape index (κ1) is 11.5. The Morgan fingerprint density at radius 1 is 1.35 bits per heavy atom. The van der Waals surface area contributed by atoms with Crippen molar-refractivity contribution in [2.45, 2.75) is 12.0 Å². The Labute approximate surface area is 95.5 Å². The molecule has 1 heterocycles. The summed E-state index contributed by atoms with van der Waals surface area (Å²) < 4.78 is 26.8. The molecule has 0 spiro atoms. The summed E-state index contributed by atoms with van der Waals surface area (Å²) in [5.41, 5.74) is 0.235. The fourth-order valence-electron chi connectivity index (χ4n) is 1.89. The van der Waals surface area contributed by atoms with Gasteiger partial charge in [0, 0.05) is 0 Å². The number of rotatable bonds is 3. The molecular weight excluding hydrogens is 232 g/mol. The minimum Gasteiger partial charge on any atom is -0.480 e. The molecule has 1 unspecified atom stereocenters. The summed E-state index contributed by atoms with van der Waals surface area (Å²) in [6, 6.07) is 6.19. The average molecular weight is 241 g/mol. The van der Waals surface area contributed by atoms with Gasteiger partial charge in [0.05, 0.1) is 0 Å². The van der Waals surface area contributed by atoms with Crippen LogP contribution in [0.2, 0.25) is 0 Å². The highest BCUT2D eigenvalue weighted by Crippen LogP contribution is 2.46. The molecule has 17 heavy (non-hydrogen) atoms. The van der Waals surface area contributed by atoms with Gasteiger partial charge in [-0.3, -0.25) is 9.59 Å². The molecular formula is C11H9F2NO3. The van der Waals surface area contributed by atoms with Gasteiger partial charge in [-0.1, -0.05) is 30.3 Å². The van der Waals surface area contributed by atoms with E-state index >= 15 is 0 Å². The van der Waals surface area contributed by atoms with E-state index in [-0.39, 0.29) is 5.56 Å². The number of hydrogen-bond acceptors (Lipinski definition) is 2. The summed E-state index contributed by atoms with van der Waals surface area (Å²) in [6.07, 6.45) is 0. The van der Waals surface area contributed by atoms with Crippen LogP contribution in [0.25, 0.3) is 0 Å². The smallest absolute Gasteiger partial charge is 0.348 e. The number of halogens is 2. The molecule has 0 radical (unpaired) electrons. The summed E-state index contributed by atoms with van der Waals surface area (Å²) in [7, 11) is 0. The van der Waals surface area contributed by atoms with E-state index in [1.165, 1.54) is 12.1 Å². The highest BCUT2D eigenvalue weighted by molar-refractivity contribution is 5.94. The minimum atomic E-state index is -3.52. The second-order valence-corrected chi connectivity index (χ2v) is 3.76. The molecule has 6 heteroatoms. The van der Waals surface area contributed by atoms with Gasteiger partial charge in [-0.15, -0.1) is 0 Å². The van der Waals surface area contributed by atoms with Crippen molar-refractivity contribution in [1.82, 2.24) is 4.90 Å². The topological polar surface area (TPSA) is 57.6 Å². The van der Waals surface area contributed by atoms with Gasteiger partial charge >= 0.3 is 11.9 Å². The molecule has 1 amide bonds. The number of carbonyl (C=O) groups excluding carboxylic acids is 1. The van der Waals surface area contributed by atoms with Crippen LogP contribution in [0.1, 0.15) is 11.6 Å². The van der Waals surface area contributed by atoms with Gasteiger partial charge in [0.25, 0.3) is 5.91 Å². The molecule has 1 N–H and O–H groups in total. The molecule has 1 aromatic carbocycles. The van der Waals surface area contributed by atoms with Crippen molar-refractivity contribution < 1.29 is 23.5 Å². The standard InChI is InChI=1S/C11H9F2NO3/c12-11(13)9(7-4-2-1-3-5-7)14(10(11)17)6-8(15)16/h1-5,9H,6H2,(H,15,16). The molecule has 1 aromatic rings. The Morgan fingerprint density at radius 2 is 1.94 bits per heavy atom. The van der Waals surface area contributed by atoms with E-state index in [9.17, 15) is 18.4 Å². The number of β-lactam (4-membered cyclic amide) rings is 1. The van der Waals surface area contributed by atoms with Crippen molar-refractivity contribution in [3.8, 4) is 0 Å². The quantitative estimate of drug-likeness (QED) is 0.811. The van der Waals surface area contributed by atoms with Gasteiger partial charge in [0.15, 0.2) is 0 Å². The SMILES string of the molecule is O=C(O)CN1C(=O)C(F)(F)C1c1ccccc1. The summed E-state index contributed by atoms with van der Waals surface area (Å²) in [5.74, 6) is -6.26. The van der Waals surface area contributed by atoms with Crippen molar-refractivity contribution in [2.75, 3.05) is 6.54 Å². The molecule has 0 saturated carbocycles. The molecule has 1 saturated heterocycles. The van der Waals surface area contributed by atoms with Crippen molar-refractivity contribution in [1.29, 1.82) is 0 Å². The van der Waals surface area contributed by atoms with E-state index in [1.807, 2.05) is 0 Å². The second kappa shape index (κ2) is 3.80. The Hall–Kier alpha value is -1.98. The Balaban J connectivity index is 2.30. The van der Waals surface area contributed by atoms with Crippen LogP contribution in [0, 0.1) is 0 Å². The molecule has 0 aliphatic carbocycles. The molecule has 4 nitrogen and oxygen atoms in total. The monoisotopic (exact) mass is 241 g/mol. The zero-order chi connectivity index (χ0) is 12.6. The lowest BCUT2D eigenvalue weighted by molar-refractivity contribution is -0.207. The van der Waals surface area contributed by atoms with Gasteiger partial charge in [0.1, 0.15) is 12.6 Å². The zero-order valence-corrected chi connectivity index (χ0v) is 8.64. The maximum Gasteiger partial charge on any atom is 0.348 e. The maximum absolute atomic E-state index is 13.4. The van der Waals surface area contributed by atoms with Gasteiger partial charge in [-0.05, 0) is 5.56 Å². The third-order valence-corrected chi connectivity index (χ3v) is 2.62. The maximum atomic E-state index is 13.4. The predicted octanol–water partition coefficient (Wildman–Crippen LogP) is 1.29. The highest BCUT2D eigenvalue weighted by atomic mass is 19.3. The fraction of sp³-hybridized carbons (Fsp3) is 0.273. The lowest BCUT2D eigenvalue weighted by atomic mass is 9.90. The molecule has 0 bridgehead atoms. The number of carbonyl (C=O) groups is 2. The third kappa shape index (κ3) is 1.75. The molecule has 0 aromatic heterocycles. The number of likely N-dealkylation sites (tertiary alicyclic amines) is 1. The number of benzene rings is 1. The Bertz CT molecular complexity index is 461. The fourth-order valence-corrected chi connectivity index (χ4v) is 1.89. The molecule has 1 aliphatic heterocycles. The van der Waals surface area contributed by atoms with E-state index in [2.05, 4.69) is 0 Å². The van der Waals surface area contributed by atoms with Crippen LogP contribution < -0.4 is 0 Å². The normalized spacial score (nSPS) is 22.1. The van der Waals surface area contributed by atoms with E-state index in [0.717, 1.165) is 0 Å². The second-order valence-electron chi connectivity index (χ2n) is 3.76. The van der Waals surface area contributed by atoms with Crippen molar-refractivity contribution in [2.24, 2.45) is 0 Å². The zero-order valence-electron chi connectivity index (χ0n) is 8.64. The highest BCUT2D eigenvalue weighted by Gasteiger charge is 2.64. The van der Waals surface area contributed by atoms with Gasteiger partial charge < -0.3 is 10.0 Å². The number of carboxylic acid groups (broad SMARTS) is 1. The van der Waals surface area contributed by atoms with Crippen LogP contribution in [0.15, 0.2) is 30.3 Å². The summed E-state index contributed by atoms with van der Waals surface area (Å²) in [5, 5.41) is 8.56.